The maximum atomic E-state index is 4.20. The van der Waals surface area contributed by atoms with Gasteiger partial charge in [-0.2, -0.15) is 0 Å². The van der Waals surface area contributed by atoms with Gasteiger partial charge in [-0.05, 0) is 49.1 Å². The lowest BCUT2D eigenvalue weighted by Crippen LogP contribution is -2.27. The molecular weight excluding hydrogens is 232 g/mol. The lowest BCUT2D eigenvalue weighted by atomic mass is 9.87. The second-order valence-electron chi connectivity index (χ2n) is 5.38. The summed E-state index contributed by atoms with van der Waals surface area (Å²) in [4.78, 5) is 6.65. The number of nitrogens with zero attached hydrogens (tertiary/aromatic N) is 2. The van der Waals surface area contributed by atoms with Crippen molar-refractivity contribution in [3.8, 4) is 0 Å². The molecule has 0 aliphatic heterocycles. The summed E-state index contributed by atoms with van der Waals surface area (Å²) in [6.45, 7) is 0.965. The number of aryl methyl sites for hydroxylation is 1. The highest BCUT2D eigenvalue weighted by molar-refractivity contribution is 5.32. The number of pyridine rings is 1. The van der Waals surface area contributed by atoms with Crippen molar-refractivity contribution in [2.45, 2.75) is 31.8 Å². The quantitative estimate of drug-likeness (QED) is 0.830. The van der Waals surface area contributed by atoms with E-state index in [0.29, 0.717) is 6.04 Å². The van der Waals surface area contributed by atoms with Crippen molar-refractivity contribution >= 4 is 0 Å². The van der Waals surface area contributed by atoms with Crippen molar-refractivity contribution in [3.05, 3.63) is 65.5 Å². The Balaban J connectivity index is 1.80. The fourth-order valence-electron chi connectivity index (χ4n) is 3.08. The largest absolute Gasteiger partial charge is 0.295 e. The van der Waals surface area contributed by atoms with Gasteiger partial charge in [0.15, 0.2) is 0 Å². The topological polar surface area (TPSA) is 16.1 Å². The minimum absolute atomic E-state index is 0.546. The molecule has 2 aromatic rings. The minimum Gasteiger partial charge on any atom is -0.295 e. The molecule has 2 nitrogen and oxygen atoms in total. The molecule has 0 spiro atoms. The number of aromatic nitrogens is 1. The third kappa shape index (κ3) is 2.69. The summed E-state index contributed by atoms with van der Waals surface area (Å²) in [5, 5.41) is 0. The van der Waals surface area contributed by atoms with Crippen molar-refractivity contribution in [1.82, 2.24) is 9.88 Å². The summed E-state index contributed by atoms with van der Waals surface area (Å²) in [6, 6.07) is 13.6. The molecule has 0 saturated carbocycles. The Hall–Kier alpha value is -1.67. The highest BCUT2D eigenvalue weighted by atomic mass is 15.1. The van der Waals surface area contributed by atoms with Gasteiger partial charge in [0.1, 0.15) is 0 Å². The lowest BCUT2D eigenvalue weighted by molar-refractivity contribution is 0.213. The first-order valence-electron chi connectivity index (χ1n) is 7.01. The Morgan fingerprint density at radius 3 is 2.95 bits per heavy atom. The van der Waals surface area contributed by atoms with Crippen LogP contribution in [-0.4, -0.2) is 16.9 Å². The van der Waals surface area contributed by atoms with Crippen molar-refractivity contribution in [2.75, 3.05) is 7.05 Å². The van der Waals surface area contributed by atoms with E-state index in [1.54, 1.807) is 0 Å². The third-order valence-electron chi connectivity index (χ3n) is 4.02. The molecular formula is C17H20N2. The fourth-order valence-corrected chi connectivity index (χ4v) is 3.08. The predicted molar refractivity (Wildman–Crippen MR) is 77.8 cm³/mol. The summed E-state index contributed by atoms with van der Waals surface area (Å²) >= 11 is 0. The second kappa shape index (κ2) is 5.54. The third-order valence-corrected chi connectivity index (χ3v) is 4.02. The van der Waals surface area contributed by atoms with Gasteiger partial charge in [-0.25, -0.2) is 0 Å². The molecule has 1 aliphatic rings. The van der Waals surface area contributed by atoms with E-state index in [0.717, 1.165) is 6.54 Å². The number of hydrogen-bond acceptors (Lipinski definition) is 2. The number of fused-ring (bicyclic) bond motifs is 1. The van der Waals surface area contributed by atoms with E-state index < -0.39 is 0 Å². The molecule has 1 aliphatic carbocycles. The van der Waals surface area contributed by atoms with Crippen LogP contribution in [0.5, 0.6) is 0 Å². The fraction of sp³-hybridized carbons (Fsp3) is 0.353. The van der Waals surface area contributed by atoms with E-state index in [4.69, 9.17) is 0 Å². The molecule has 3 rings (SSSR count). The van der Waals surface area contributed by atoms with Crippen LogP contribution in [0.1, 0.15) is 35.6 Å². The number of hydrogen-bond donors (Lipinski definition) is 0. The van der Waals surface area contributed by atoms with Gasteiger partial charge in [0.2, 0.25) is 0 Å². The van der Waals surface area contributed by atoms with Crippen LogP contribution in [0.2, 0.25) is 0 Å². The van der Waals surface area contributed by atoms with Crippen LogP contribution in [0.25, 0.3) is 0 Å². The van der Waals surface area contributed by atoms with Gasteiger partial charge in [0, 0.05) is 25.0 Å². The Kier molecular flexibility index (Phi) is 3.60. The smallest absolute Gasteiger partial charge is 0.0351 e. The molecule has 0 N–H and O–H groups in total. The van der Waals surface area contributed by atoms with Gasteiger partial charge in [-0.1, -0.05) is 30.3 Å². The molecule has 2 heteroatoms. The van der Waals surface area contributed by atoms with E-state index in [2.05, 4.69) is 47.3 Å². The Morgan fingerprint density at radius 1 is 1.21 bits per heavy atom. The highest BCUT2D eigenvalue weighted by Crippen LogP contribution is 2.33. The molecule has 0 bridgehead atoms. The monoisotopic (exact) mass is 252 g/mol. The average molecular weight is 252 g/mol. The van der Waals surface area contributed by atoms with Crippen LogP contribution in [0.4, 0.5) is 0 Å². The lowest BCUT2D eigenvalue weighted by Gasteiger charge is -2.33. The van der Waals surface area contributed by atoms with Gasteiger partial charge < -0.3 is 0 Å². The van der Waals surface area contributed by atoms with E-state index >= 15 is 0 Å². The summed E-state index contributed by atoms with van der Waals surface area (Å²) in [7, 11) is 2.22. The molecule has 0 saturated heterocycles. The minimum atomic E-state index is 0.546. The van der Waals surface area contributed by atoms with E-state index in [9.17, 15) is 0 Å². The Bertz CT molecular complexity index is 536. The molecule has 1 unspecified atom stereocenters. The van der Waals surface area contributed by atoms with E-state index in [1.165, 1.54) is 36.0 Å². The molecule has 1 aromatic heterocycles. The standard InChI is InChI=1S/C17H20N2/c1-19(13-14-6-5-11-18-12-14)17-10-4-8-15-7-2-3-9-16(15)17/h2-3,5-7,9,11-12,17H,4,8,10,13H2,1H3. The zero-order valence-corrected chi connectivity index (χ0v) is 11.4. The molecule has 1 heterocycles. The van der Waals surface area contributed by atoms with E-state index in [-0.39, 0.29) is 0 Å². The van der Waals surface area contributed by atoms with Crippen molar-refractivity contribution in [1.29, 1.82) is 0 Å². The van der Waals surface area contributed by atoms with Crippen molar-refractivity contribution < 1.29 is 0 Å². The van der Waals surface area contributed by atoms with Crippen molar-refractivity contribution in [3.63, 3.8) is 0 Å². The predicted octanol–water partition coefficient (Wildman–Crippen LogP) is 3.59. The number of rotatable bonds is 3. The van der Waals surface area contributed by atoms with Gasteiger partial charge in [-0.15, -0.1) is 0 Å². The Labute approximate surface area is 115 Å². The summed E-state index contributed by atoms with van der Waals surface area (Å²) in [5.74, 6) is 0. The molecule has 0 amide bonds. The molecule has 19 heavy (non-hydrogen) atoms. The van der Waals surface area contributed by atoms with Crippen LogP contribution in [-0.2, 0) is 13.0 Å². The first-order chi connectivity index (χ1) is 9.34. The van der Waals surface area contributed by atoms with Gasteiger partial charge in [0.05, 0.1) is 0 Å². The first-order valence-corrected chi connectivity index (χ1v) is 7.01. The van der Waals surface area contributed by atoms with Crippen LogP contribution in [0.3, 0.4) is 0 Å². The molecule has 0 fully saturated rings. The molecule has 98 valence electrons. The van der Waals surface area contributed by atoms with Crippen molar-refractivity contribution in [2.24, 2.45) is 0 Å². The van der Waals surface area contributed by atoms with Crippen LogP contribution < -0.4 is 0 Å². The summed E-state index contributed by atoms with van der Waals surface area (Å²) in [6.07, 6.45) is 7.57. The summed E-state index contributed by atoms with van der Waals surface area (Å²) in [5.41, 5.74) is 4.32. The maximum Gasteiger partial charge on any atom is 0.0351 e. The highest BCUT2D eigenvalue weighted by Gasteiger charge is 2.23. The SMILES string of the molecule is CN(Cc1cccnc1)C1CCCc2ccccc21. The first kappa shape index (κ1) is 12.4. The Morgan fingerprint density at radius 2 is 2.11 bits per heavy atom. The van der Waals surface area contributed by atoms with Crippen LogP contribution in [0.15, 0.2) is 48.8 Å². The molecule has 1 atom stereocenters. The maximum absolute atomic E-state index is 4.20. The van der Waals surface area contributed by atoms with E-state index in [1.807, 2.05) is 18.5 Å². The molecule has 0 radical (unpaired) electrons. The summed E-state index contributed by atoms with van der Waals surface area (Å²) < 4.78 is 0. The molecule has 1 aromatic carbocycles. The van der Waals surface area contributed by atoms with Gasteiger partial charge >= 0.3 is 0 Å². The van der Waals surface area contributed by atoms with Crippen LogP contribution in [0, 0.1) is 0 Å². The average Bonchev–Trinajstić information content (AvgIpc) is 2.47. The zero-order valence-electron chi connectivity index (χ0n) is 11.4. The normalized spacial score (nSPS) is 18.3. The van der Waals surface area contributed by atoms with Gasteiger partial charge in [-0.3, -0.25) is 9.88 Å². The van der Waals surface area contributed by atoms with Crippen LogP contribution >= 0.6 is 0 Å². The second-order valence-corrected chi connectivity index (χ2v) is 5.38. The number of benzene rings is 1. The van der Waals surface area contributed by atoms with Gasteiger partial charge in [0.25, 0.3) is 0 Å². The zero-order chi connectivity index (χ0) is 13.1.